The second-order valence-corrected chi connectivity index (χ2v) is 6.95. The average Bonchev–Trinajstić information content (AvgIpc) is 2.66. The molecule has 0 aliphatic heterocycles. The molecule has 0 aromatic rings. The average molecular weight is 462 g/mol. The summed E-state index contributed by atoms with van der Waals surface area (Å²) in [4.78, 5) is 29.4. The number of hydrogen-bond donors (Lipinski definition) is 2. The monoisotopic (exact) mass is 461 g/mol. The number of nitrogens with one attached hydrogen (secondary N) is 2. The Bertz CT molecular complexity index is 481. The summed E-state index contributed by atoms with van der Waals surface area (Å²) in [6.07, 6.45) is 3.34. The molecule has 173 valence electrons. The summed E-state index contributed by atoms with van der Waals surface area (Å²) in [6, 6.07) is 0.241. The van der Waals surface area contributed by atoms with E-state index in [9.17, 15) is 19.8 Å². The van der Waals surface area contributed by atoms with E-state index in [4.69, 9.17) is 0 Å². The van der Waals surface area contributed by atoms with Crippen LogP contribution >= 0.6 is 0 Å². The summed E-state index contributed by atoms with van der Waals surface area (Å²) in [5.41, 5.74) is 0. The number of carboxylic acids is 2. The number of aliphatic imine (C=N–C) groups is 2. The van der Waals surface area contributed by atoms with Crippen molar-refractivity contribution in [2.45, 2.75) is 105 Å². The summed E-state index contributed by atoms with van der Waals surface area (Å²) in [6.45, 7) is 15.5. The number of carbonyl (C=O) groups excluding carboxylic acids is 2. The van der Waals surface area contributed by atoms with Crippen molar-refractivity contribution in [3.8, 4) is 0 Å². The number of nitrogens with zero attached hydrogens (tertiary/aromatic N) is 2. The molecule has 0 rings (SSSR count). The third-order valence-electron chi connectivity index (χ3n) is 4.26. The van der Waals surface area contributed by atoms with E-state index < -0.39 is 11.9 Å². The van der Waals surface area contributed by atoms with Crippen LogP contribution in [0.5, 0.6) is 0 Å². The Kier molecular flexibility index (Phi) is 20.4. The van der Waals surface area contributed by atoms with Gasteiger partial charge in [0, 0.05) is 24.2 Å². The molecule has 0 heterocycles. The van der Waals surface area contributed by atoms with Crippen LogP contribution in [0.4, 0.5) is 0 Å². The molecule has 2 N–H and O–H groups in total. The molecule has 9 heteroatoms. The molecule has 0 bridgehead atoms. The molecule has 29 heavy (non-hydrogen) atoms. The zero-order valence-electron chi connectivity index (χ0n) is 19.0. The largest absolute Gasteiger partial charge is 2.00 e. The van der Waals surface area contributed by atoms with E-state index in [0.29, 0.717) is 0 Å². The van der Waals surface area contributed by atoms with Gasteiger partial charge in [0.2, 0.25) is 0 Å². The molecule has 0 aromatic heterocycles. The number of aliphatic carboxylic acids is 2. The standard InChI is InChI=1S/2C10H20N2O2.Cu/c2*1-5-7(3)11-9(10(13)14)12-8(4)6-2;/h2*7-8H,5-6H2,1-4H3,(H,11,12)(H,13,14);/q;;+2/p-2. The van der Waals surface area contributed by atoms with Crippen molar-refractivity contribution < 1.29 is 36.9 Å². The Morgan fingerprint density at radius 2 is 0.966 bits per heavy atom. The van der Waals surface area contributed by atoms with Gasteiger partial charge >= 0.3 is 17.1 Å². The predicted molar refractivity (Wildman–Crippen MR) is 110 cm³/mol. The van der Waals surface area contributed by atoms with E-state index in [0.717, 1.165) is 25.7 Å². The summed E-state index contributed by atoms with van der Waals surface area (Å²) in [5, 5.41) is 27.0. The van der Waals surface area contributed by atoms with Gasteiger partial charge in [-0.15, -0.1) is 0 Å². The second kappa shape index (κ2) is 18.4. The van der Waals surface area contributed by atoms with Crippen LogP contribution in [0.2, 0.25) is 0 Å². The number of carbonyl (C=O) groups is 2. The molecule has 0 saturated carbocycles. The molecule has 0 saturated heterocycles. The summed E-state index contributed by atoms with van der Waals surface area (Å²) < 4.78 is 0. The minimum atomic E-state index is -1.23. The van der Waals surface area contributed by atoms with Gasteiger partial charge < -0.3 is 30.4 Å². The van der Waals surface area contributed by atoms with Crippen LogP contribution in [-0.2, 0) is 26.7 Å². The van der Waals surface area contributed by atoms with Gasteiger partial charge in [-0.05, 0) is 53.4 Å². The molecule has 0 aromatic carbocycles. The van der Waals surface area contributed by atoms with Gasteiger partial charge in [-0.2, -0.15) is 0 Å². The van der Waals surface area contributed by atoms with E-state index in [2.05, 4.69) is 20.6 Å². The van der Waals surface area contributed by atoms with Gasteiger partial charge in [0.1, 0.15) is 23.6 Å². The zero-order valence-corrected chi connectivity index (χ0v) is 19.9. The maximum Gasteiger partial charge on any atom is 2.00 e. The van der Waals surface area contributed by atoms with Crippen molar-refractivity contribution in [3.63, 3.8) is 0 Å². The first-order valence-electron chi connectivity index (χ1n) is 10.1. The normalized spacial score (nSPS) is 15.6. The van der Waals surface area contributed by atoms with Gasteiger partial charge in [-0.3, -0.25) is 9.98 Å². The number of rotatable bonds is 8. The third kappa shape index (κ3) is 17.0. The van der Waals surface area contributed by atoms with Crippen molar-refractivity contribution in [3.05, 3.63) is 0 Å². The topological polar surface area (TPSA) is 129 Å². The fourth-order valence-electron chi connectivity index (χ4n) is 1.59. The second-order valence-electron chi connectivity index (χ2n) is 6.95. The first-order valence-corrected chi connectivity index (χ1v) is 10.1. The maximum absolute atomic E-state index is 10.7. The molecule has 8 nitrogen and oxygen atoms in total. The van der Waals surface area contributed by atoms with Crippen LogP contribution < -0.4 is 20.8 Å². The molecule has 1 radical (unpaired) electrons. The van der Waals surface area contributed by atoms with Crippen LogP contribution in [0.25, 0.3) is 0 Å². The van der Waals surface area contributed by atoms with Crippen molar-refractivity contribution >= 4 is 23.6 Å². The Labute approximate surface area is 186 Å². The molecule has 4 atom stereocenters. The van der Waals surface area contributed by atoms with Crippen LogP contribution in [0.3, 0.4) is 0 Å². The number of carboxylic acid groups (broad SMARTS) is 2. The Balaban J connectivity index is -0.000000451. The summed E-state index contributed by atoms with van der Waals surface area (Å²) >= 11 is 0. The van der Waals surface area contributed by atoms with E-state index in [-0.39, 0.29) is 52.9 Å². The first kappa shape index (κ1) is 32.1. The minimum Gasteiger partial charge on any atom is -0.542 e. The fraction of sp³-hybridized carbons (Fsp3) is 0.800. The van der Waals surface area contributed by atoms with Crippen LogP contribution in [0, 0.1) is 0 Å². The van der Waals surface area contributed by atoms with E-state index in [1.165, 1.54) is 0 Å². The van der Waals surface area contributed by atoms with Crippen LogP contribution in [0.1, 0.15) is 81.1 Å². The van der Waals surface area contributed by atoms with Gasteiger partial charge in [-0.1, -0.05) is 27.7 Å². The number of amidine groups is 2. The molecule has 0 aliphatic rings. The molecule has 0 amide bonds. The predicted octanol–water partition coefficient (Wildman–Crippen LogP) is 0.640. The fourth-order valence-corrected chi connectivity index (χ4v) is 1.59. The molecular formula is C20H38CuN4O4. The maximum atomic E-state index is 10.7. The molecular weight excluding hydrogens is 424 g/mol. The SMILES string of the molecule is CCC(C)N=C(NC(C)CC)C(=O)[O-].CCC(C)N=C(NC(C)CC)C(=O)[O-].[Cu+2]. The third-order valence-corrected chi connectivity index (χ3v) is 4.26. The Hall–Kier alpha value is -1.60. The van der Waals surface area contributed by atoms with Gasteiger partial charge in [0.25, 0.3) is 0 Å². The quantitative estimate of drug-likeness (QED) is 0.310. The Morgan fingerprint density at radius 3 is 1.14 bits per heavy atom. The summed E-state index contributed by atoms with van der Waals surface area (Å²) in [7, 11) is 0. The van der Waals surface area contributed by atoms with Gasteiger partial charge in [-0.25, -0.2) is 0 Å². The molecule has 0 aliphatic carbocycles. The number of hydrogen-bond acceptors (Lipinski definition) is 6. The van der Waals surface area contributed by atoms with Gasteiger partial charge in [0.05, 0.1) is 0 Å². The van der Waals surface area contributed by atoms with E-state index in [1.807, 2.05) is 55.4 Å². The Morgan fingerprint density at radius 1 is 0.690 bits per heavy atom. The summed E-state index contributed by atoms with van der Waals surface area (Å²) in [5.74, 6) is -2.53. The molecule has 4 unspecified atom stereocenters. The molecule has 0 fully saturated rings. The van der Waals surface area contributed by atoms with Crippen molar-refractivity contribution in [2.75, 3.05) is 0 Å². The molecule has 0 spiro atoms. The van der Waals surface area contributed by atoms with E-state index in [1.54, 1.807) is 0 Å². The smallest absolute Gasteiger partial charge is 0.542 e. The van der Waals surface area contributed by atoms with E-state index >= 15 is 0 Å². The van der Waals surface area contributed by atoms with Crippen molar-refractivity contribution in [1.29, 1.82) is 0 Å². The van der Waals surface area contributed by atoms with Gasteiger partial charge in [0.15, 0.2) is 0 Å². The zero-order chi connectivity index (χ0) is 22.3. The van der Waals surface area contributed by atoms with Crippen LogP contribution in [0.15, 0.2) is 9.98 Å². The first-order chi connectivity index (χ1) is 13.0. The van der Waals surface area contributed by atoms with Crippen molar-refractivity contribution in [1.82, 2.24) is 10.6 Å². The minimum absolute atomic E-state index is 0. The van der Waals surface area contributed by atoms with Crippen LogP contribution in [-0.4, -0.2) is 47.8 Å². The van der Waals surface area contributed by atoms with Crippen molar-refractivity contribution in [2.24, 2.45) is 9.98 Å².